The summed E-state index contributed by atoms with van der Waals surface area (Å²) in [4.78, 5) is 4.68. The zero-order chi connectivity index (χ0) is 31.6. The highest BCUT2D eigenvalue weighted by molar-refractivity contribution is 6.09. The summed E-state index contributed by atoms with van der Waals surface area (Å²) in [5.41, 5.74) is 9.65. The third-order valence-electron chi connectivity index (χ3n) is 8.50. The molecule has 0 amide bonds. The van der Waals surface area contributed by atoms with Crippen LogP contribution in [0.4, 0.5) is 0 Å². The molecule has 0 saturated heterocycles. The van der Waals surface area contributed by atoms with Crippen molar-refractivity contribution in [3.63, 3.8) is 0 Å². The van der Waals surface area contributed by atoms with Crippen LogP contribution in [0.2, 0.25) is 0 Å². The molecule has 0 aliphatic carbocycles. The van der Waals surface area contributed by atoms with Gasteiger partial charge in [-0.1, -0.05) is 68.7 Å². The molecule has 0 radical (unpaired) electrons. The minimum atomic E-state index is 0.741. The van der Waals surface area contributed by atoms with Crippen LogP contribution in [0.1, 0.15) is 43.4 Å². The van der Waals surface area contributed by atoms with Crippen LogP contribution in [0.15, 0.2) is 110 Å². The molecule has 0 saturated carbocycles. The van der Waals surface area contributed by atoms with E-state index in [1.165, 1.54) is 22.3 Å². The first kappa shape index (κ1) is 29.4. The standard InChI is InChI=1S/C40H38N4O2/c1-5-10-28-20-27(3)21-29(11-6-2)40(28)30-25-42-43(26-30)31-12-9-13-33(22-31)46-34-16-17-36-35-14-7-8-15-37(35)44(38(36)23-34)39-24-32(45-4)18-19-41-39/h7-9,12-26H,5-6,10-11H2,1-4H3. The third kappa shape index (κ3) is 5.51. The van der Waals surface area contributed by atoms with Gasteiger partial charge in [0.05, 0.1) is 30.0 Å². The molecule has 0 fully saturated rings. The van der Waals surface area contributed by atoms with Gasteiger partial charge in [-0.25, -0.2) is 9.67 Å². The fraction of sp³-hybridized carbons (Fsp3) is 0.200. The van der Waals surface area contributed by atoms with Gasteiger partial charge in [0, 0.05) is 46.9 Å². The fourth-order valence-electron chi connectivity index (χ4n) is 6.57. The Labute approximate surface area is 269 Å². The highest BCUT2D eigenvalue weighted by atomic mass is 16.5. The fourth-order valence-corrected chi connectivity index (χ4v) is 6.57. The van der Waals surface area contributed by atoms with Gasteiger partial charge in [0.15, 0.2) is 0 Å². The highest BCUT2D eigenvalue weighted by Crippen LogP contribution is 2.36. The molecule has 4 aromatic carbocycles. The van der Waals surface area contributed by atoms with E-state index in [0.717, 1.165) is 81.8 Å². The number of para-hydroxylation sites is 1. The number of fused-ring (bicyclic) bond motifs is 3. The van der Waals surface area contributed by atoms with E-state index < -0.39 is 0 Å². The number of aryl methyl sites for hydroxylation is 3. The Balaban J connectivity index is 1.24. The quantitative estimate of drug-likeness (QED) is 0.155. The van der Waals surface area contributed by atoms with Crippen LogP contribution in [0.25, 0.3) is 44.4 Å². The van der Waals surface area contributed by atoms with E-state index in [2.05, 4.69) is 91.1 Å². The summed E-state index contributed by atoms with van der Waals surface area (Å²) in [5, 5.41) is 7.09. The van der Waals surface area contributed by atoms with Gasteiger partial charge in [0.1, 0.15) is 23.1 Å². The van der Waals surface area contributed by atoms with E-state index in [9.17, 15) is 0 Å². The molecule has 230 valence electrons. The Morgan fingerprint density at radius 2 is 1.48 bits per heavy atom. The Morgan fingerprint density at radius 1 is 0.717 bits per heavy atom. The molecule has 7 aromatic rings. The van der Waals surface area contributed by atoms with E-state index in [0.29, 0.717) is 0 Å². The SMILES string of the molecule is CCCc1cc(C)cc(CCC)c1-c1cnn(-c2cccc(Oc3ccc4c5ccccc5n(-c5cc(OC)ccn5)c4c3)c2)c1. The number of nitrogens with zero attached hydrogens (tertiary/aromatic N) is 4. The summed E-state index contributed by atoms with van der Waals surface area (Å²) in [7, 11) is 1.67. The van der Waals surface area contributed by atoms with Crippen LogP contribution >= 0.6 is 0 Å². The monoisotopic (exact) mass is 606 g/mol. The van der Waals surface area contributed by atoms with Crippen molar-refractivity contribution in [2.75, 3.05) is 7.11 Å². The molecule has 0 aliphatic rings. The van der Waals surface area contributed by atoms with Gasteiger partial charge in [-0.15, -0.1) is 0 Å². The van der Waals surface area contributed by atoms with Crippen LogP contribution in [0.3, 0.4) is 0 Å². The van der Waals surface area contributed by atoms with Crippen LogP contribution in [-0.4, -0.2) is 26.4 Å². The second-order valence-corrected chi connectivity index (χ2v) is 11.8. The van der Waals surface area contributed by atoms with E-state index in [-0.39, 0.29) is 0 Å². The van der Waals surface area contributed by atoms with Gasteiger partial charge in [-0.05, 0) is 72.9 Å². The first-order valence-electron chi connectivity index (χ1n) is 16.1. The third-order valence-corrected chi connectivity index (χ3v) is 8.50. The largest absolute Gasteiger partial charge is 0.497 e. The van der Waals surface area contributed by atoms with Gasteiger partial charge in [-0.3, -0.25) is 4.57 Å². The van der Waals surface area contributed by atoms with Crippen molar-refractivity contribution in [1.29, 1.82) is 0 Å². The molecule has 7 rings (SSSR count). The molecular formula is C40H38N4O2. The van der Waals surface area contributed by atoms with Crippen molar-refractivity contribution in [3.8, 4) is 39.9 Å². The number of rotatable bonds is 10. The minimum absolute atomic E-state index is 0.741. The minimum Gasteiger partial charge on any atom is -0.497 e. The first-order valence-corrected chi connectivity index (χ1v) is 16.1. The number of hydrogen-bond donors (Lipinski definition) is 0. The molecule has 0 unspecified atom stereocenters. The highest BCUT2D eigenvalue weighted by Gasteiger charge is 2.16. The van der Waals surface area contributed by atoms with E-state index in [1.807, 2.05) is 47.3 Å². The van der Waals surface area contributed by atoms with Crippen molar-refractivity contribution in [3.05, 3.63) is 126 Å². The van der Waals surface area contributed by atoms with Crippen LogP contribution < -0.4 is 9.47 Å². The molecule has 46 heavy (non-hydrogen) atoms. The van der Waals surface area contributed by atoms with Crippen molar-refractivity contribution < 1.29 is 9.47 Å². The van der Waals surface area contributed by atoms with Gasteiger partial charge in [0.25, 0.3) is 0 Å². The van der Waals surface area contributed by atoms with Crippen molar-refractivity contribution >= 4 is 21.8 Å². The van der Waals surface area contributed by atoms with Crippen LogP contribution in [-0.2, 0) is 12.8 Å². The van der Waals surface area contributed by atoms with Crippen molar-refractivity contribution in [2.24, 2.45) is 0 Å². The number of pyridine rings is 1. The van der Waals surface area contributed by atoms with E-state index >= 15 is 0 Å². The first-order chi connectivity index (χ1) is 22.6. The number of ether oxygens (including phenoxy) is 2. The number of methoxy groups -OCH3 is 1. The number of benzene rings is 4. The van der Waals surface area contributed by atoms with Gasteiger partial charge in [0.2, 0.25) is 0 Å². The second-order valence-electron chi connectivity index (χ2n) is 11.8. The Kier molecular flexibility index (Phi) is 8.02. The summed E-state index contributed by atoms with van der Waals surface area (Å²) in [5.74, 6) is 3.03. The van der Waals surface area contributed by atoms with Gasteiger partial charge < -0.3 is 9.47 Å². The van der Waals surface area contributed by atoms with Gasteiger partial charge in [-0.2, -0.15) is 5.10 Å². The molecule has 3 heterocycles. The lowest BCUT2D eigenvalue weighted by Crippen LogP contribution is -1.98. The Bertz CT molecular complexity index is 2150. The zero-order valence-electron chi connectivity index (χ0n) is 26.8. The maximum Gasteiger partial charge on any atom is 0.141 e. The topological polar surface area (TPSA) is 54.1 Å². The average Bonchev–Trinajstić information content (AvgIpc) is 3.68. The smallest absolute Gasteiger partial charge is 0.141 e. The average molecular weight is 607 g/mol. The summed E-state index contributed by atoms with van der Waals surface area (Å²) in [6, 6.07) is 31.2. The molecule has 3 aromatic heterocycles. The van der Waals surface area contributed by atoms with Crippen LogP contribution in [0, 0.1) is 6.92 Å². The lowest BCUT2D eigenvalue weighted by molar-refractivity contribution is 0.414. The molecule has 0 bridgehead atoms. The Hall–Kier alpha value is -5.36. The zero-order valence-corrected chi connectivity index (χ0v) is 26.8. The summed E-state index contributed by atoms with van der Waals surface area (Å²) >= 11 is 0. The normalized spacial score (nSPS) is 11.4. The second kappa shape index (κ2) is 12.6. The molecule has 0 aliphatic heterocycles. The molecular weight excluding hydrogens is 568 g/mol. The predicted octanol–water partition coefficient (Wildman–Crippen LogP) is 10.0. The summed E-state index contributed by atoms with van der Waals surface area (Å²) in [6.45, 7) is 6.69. The maximum absolute atomic E-state index is 6.49. The maximum atomic E-state index is 6.49. The Morgan fingerprint density at radius 3 is 2.26 bits per heavy atom. The van der Waals surface area contributed by atoms with E-state index in [1.54, 1.807) is 13.3 Å². The molecule has 6 nitrogen and oxygen atoms in total. The number of aromatic nitrogens is 4. The lowest BCUT2D eigenvalue weighted by Gasteiger charge is -2.15. The molecule has 0 spiro atoms. The molecule has 0 N–H and O–H groups in total. The summed E-state index contributed by atoms with van der Waals surface area (Å²) < 4.78 is 16.1. The lowest BCUT2D eigenvalue weighted by atomic mass is 9.90. The van der Waals surface area contributed by atoms with Crippen LogP contribution in [0.5, 0.6) is 17.2 Å². The molecule has 0 atom stereocenters. The van der Waals surface area contributed by atoms with Crippen molar-refractivity contribution in [1.82, 2.24) is 19.3 Å². The van der Waals surface area contributed by atoms with Gasteiger partial charge >= 0.3 is 0 Å². The molecule has 6 heteroatoms. The summed E-state index contributed by atoms with van der Waals surface area (Å²) in [6.07, 6.45) is 10.2. The van der Waals surface area contributed by atoms with E-state index in [4.69, 9.17) is 14.6 Å². The van der Waals surface area contributed by atoms with Crippen molar-refractivity contribution in [2.45, 2.75) is 46.5 Å². The number of hydrogen-bond acceptors (Lipinski definition) is 4. The predicted molar refractivity (Wildman–Crippen MR) is 187 cm³/mol.